The van der Waals surface area contributed by atoms with Crippen LogP contribution in [-0.2, 0) is 0 Å². The van der Waals surface area contributed by atoms with Crippen molar-refractivity contribution in [2.75, 3.05) is 14.1 Å². The molecule has 0 aromatic carbocycles. The van der Waals surface area contributed by atoms with Crippen LogP contribution in [-0.4, -0.2) is 35.3 Å². The number of rotatable bonds is 2. The molecule has 5 heteroatoms. The molecule has 0 saturated heterocycles. The Hall–Kier alpha value is -1.65. The summed E-state index contributed by atoms with van der Waals surface area (Å²) in [5.41, 5.74) is -0.198. The molecule has 1 rings (SSSR count). The van der Waals surface area contributed by atoms with Gasteiger partial charge < -0.3 is 4.90 Å². The monoisotopic (exact) mass is 166 g/mol. The van der Waals surface area contributed by atoms with Gasteiger partial charge in [0.1, 0.15) is 0 Å². The molecule has 0 saturated carbocycles. The van der Waals surface area contributed by atoms with Gasteiger partial charge in [-0.3, -0.25) is 9.78 Å². The topological polar surface area (TPSA) is 61.4 Å². The summed E-state index contributed by atoms with van der Waals surface area (Å²) < 4.78 is 0. The number of nitrogens with zero attached hydrogens (tertiary/aromatic N) is 3. The van der Waals surface area contributed by atoms with E-state index in [4.69, 9.17) is 0 Å². The Morgan fingerprint density at radius 2 is 2.42 bits per heavy atom. The second kappa shape index (κ2) is 3.66. The third-order valence-electron chi connectivity index (χ3n) is 1.07. The van der Waals surface area contributed by atoms with Crippen LogP contribution in [0.5, 0.6) is 0 Å². The van der Waals surface area contributed by atoms with Crippen molar-refractivity contribution in [2.24, 2.45) is 4.99 Å². The van der Waals surface area contributed by atoms with Gasteiger partial charge in [-0.1, -0.05) is 0 Å². The number of hydrogen-bond acceptors (Lipinski definition) is 3. The highest BCUT2D eigenvalue weighted by atomic mass is 16.1. The van der Waals surface area contributed by atoms with Crippen molar-refractivity contribution < 1.29 is 0 Å². The number of nitrogens with one attached hydrogen (secondary N) is 1. The van der Waals surface area contributed by atoms with E-state index >= 15 is 0 Å². The fourth-order valence-corrected chi connectivity index (χ4v) is 0.595. The minimum atomic E-state index is -0.198. The van der Waals surface area contributed by atoms with Gasteiger partial charge in [0.25, 0.3) is 5.56 Å². The molecule has 0 aliphatic carbocycles. The minimum absolute atomic E-state index is 0.198. The molecule has 1 heterocycles. The van der Waals surface area contributed by atoms with Gasteiger partial charge in [-0.15, -0.1) is 0 Å². The van der Waals surface area contributed by atoms with E-state index in [2.05, 4.69) is 15.0 Å². The second-order valence-electron chi connectivity index (χ2n) is 2.47. The fraction of sp³-hybridized carbons (Fsp3) is 0.286. The van der Waals surface area contributed by atoms with Crippen molar-refractivity contribution in [1.82, 2.24) is 14.9 Å². The van der Waals surface area contributed by atoms with Crippen LogP contribution in [0.15, 0.2) is 22.1 Å². The molecule has 0 aliphatic rings. The second-order valence-corrected chi connectivity index (χ2v) is 2.47. The Morgan fingerprint density at radius 1 is 1.67 bits per heavy atom. The molecule has 0 amide bonds. The standard InChI is InChI=1S/C7H10N4O/c1-11(2)5-9-7-8-4-3-6(12)10-7/h3-5H,1-2H3,(H,8,10,12)/b9-5+. The van der Waals surface area contributed by atoms with E-state index in [9.17, 15) is 4.79 Å². The van der Waals surface area contributed by atoms with Crippen molar-refractivity contribution in [3.05, 3.63) is 22.6 Å². The Labute approximate surface area is 69.8 Å². The van der Waals surface area contributed by atoms with Crippen LogP contribution in [0.4, 0.5) is 5.95 Å². The molecule has 5 nitrogen and oxygen atoms in total. The van der Waals surface area contributed by atoms with E-state index in [1.807, 2.05) is 14.1 Å². The van der Waals surface area contributed by atoms with Crippen molar-refractivity contribution in [2.45, 2.75) is 0 Å². The molecule has 0 bridgehead atoms. The predicted molar refractivity (Wildman–Crippen MR) is 46.7 cm³/mol. The summed E-state index contributed by atoms with van der Waals surface area (Å²) in [6, 6.07) is 1.34. The maximum atomic E-state index is 10.8. The largest absolute Gasteiger partial charge is 0.369 e. The Kier molecular flexibility index (Phi) is 2.57. The van der Waals surface area contributed by atoms with E-state index in [0.29, 0.717) is 5.95 Å². The van der Waals surface area contributed by atoms with Gasteiger partial charge in [-0.05, 0) is 0 Å². The van der Waals surface area contributed by atoms with Gasteiger partial charge >= 0.3 is 0 Å². The zero-order valence-corrected chi connectivity index (χ0v) is 6.98. The Morgan fingerprint density at radius 3 is 3.00 bits per heavy atom. The van der Waals surface area contributed by atoms with Gasteiger partial charge in [-0.2, -0.15) is 0 Å². The van der Waals surface area contributed by atoms with Crippen LogP contribution in [0.2, 0.25) is 0 Å². The van der Waals surface area contributed by atoms with Crippen LogP contribution < -0.4 is 5.56 Å². The SMILES string of the molecule is CN(C)/C=N/c1nccc(=O)[nH]1. The lowest BCUT2D eigenvalue weighted by Crippen LogP contribution is -2.08. The fourth-order valence-electron chi connectivity index (χ4n) is 0.595. The van der Waals surface area contributed by atoms with E-state index in [1.54, 1.807) is 11.2 Å². The average molecular weight is 166 g/mol. The molecule has 1 aromatic heterocycles. The van der Waals surface area contributed by atoms with Gasteiger partial charge in [-0.25, -0.2) is 9.98 Å². The normalized spacial score (nSPS) is 10.5. The van der Waals surface area contributed by atoms with Gasteiger partial charge in [0, 0.05) is 26.4 Å². The van der Waals surface area contributed by atoms with E-state index < -0.39 is 0 Å². The highest BCUT2D eigenvalue weighted by Gasteiger charge is 1.88. The summed E-state index contributed by atoms with van der Waals surface area (Å²) >= 11 is 0. The van der Waals surface area contributed by atoms with Gasteiger partial charge in [0.15, 0.2) is 0 Å². The van der Waals surface area contributed by atoms with E-state index in [1.165, 1.54) is 12.3 Å². The molecule has 1 N–H and O–H groups in total. The number of aromatic amines is 1. The first-order chi connectivity index (χ1) is 5.68. The molecule has 64 valence electrons. The molecular weight excluding hydrogens is 156 g/mol. The molecule has 0 aliphatic heterocycles. The third kappa shape index (κ3) is 2.53. The van der Waals surface area contributed by atoms with Crippen LogP contribution in [0.25, 0.3) is 0 Å². The van der Waals surface area contributed by atoms with E-state index in [0.717, 1.165) is 0 Å². The van der Waals surface area contributed by atoms with Crippen molar-refractivity contribution in [3.63, 3.8) is 0 Å². The molecule has 0 spiro atoms. The predicted octanol–water partition coefficient (Wildman–Crippen LogP) is -0.00870. The van der Waals surface area contributed by atoms with Crippen molar-refractivity contribution in [3.8, 4) is 0 Å². The zero-order valence-electron chi connectivity index (χ0n) is 6.98. The minimum Gasteiger partial charge on any atom is -0.369 e. The summed E-state index contributed by atoms with van der Waals surface area (Å²) in [5.74, 6) is 0.316. The number of hydrogen-bond donors (Lipinski definition) is 1. The lowest BCUT2D eigenvalue weighted by atomic mass is 10.7. The maximum Gasteiger partial charge on any atom is 0.252 e. The van der Waals surface area contributed by atoms with Crippen molar-refractivity contribution >= 4 is 12.3 Å². The number of aromatic nitrogens is 2. The highest BCUT2D eigenvalue weighted by molar-refractivity contribution is 5.57. The lowest BCUT2D eigenvalue weighted by Gasteiger charge is -2.00. The third-order valence-corrected chi connectivity index (χ3v) is 1.07. The molecule has 0 unspecified atom stereocenters. The molecule has 12 heavy (non-hydrogen) atoms. The Bertz CT molecular complexity index is 328. The highest BCUT2D eigenvalue weighted by Crippen LogP contribution is 1.94. The molecule has 1 aromatic rings. The van der Waals surface area contributed by atoms with Gasteiger partial charge in [0.05, 0.1) is 6.34 Å². The quantitative estimate of drug-likeness (QED) is 0.496. The zero-order chi connectivity index (χ0) is 8.97. The molecule has 0 atom stereocenters. The van der Waals surface area contributed by atoms with Crippen LogP contribution in [0.3, 0.4) is 0 Å². The molecule has 0 fully saturated rings. The van der Waals surface area contributed by atoms with Gasteiger partial charge in [0.2, 0.25) is 5.95 Å². The summed E-state index contributed by atoms with van der Waals surface area (Å²) in [5, 5.41) is 0. The number of H-pyrrole nitrogens is 1. The lowest BCUT2D eigenvalue weighted by molar-refractivity contribution is 0.642. The first-order valence-corrected chi connectivity index (χ1v) is 3.44. The van der Waals surface area contributed by atoms with E-state index in [-0.39, 0.29) is 5.56 Å². The molecular formula is C7H10N4O. The summed E-state index contributed by atoms with van der Waals surface area (Å²) in [6.07, 6.45) is 2.99. The van der Waals surface area contributed by atoms with Crippen LogP contribution >= 0.6 is 0 Å². The number of aliphatic imine (C=N–C) groups is 1. The maximum absolute atomic E-state index is 10.8. The first kappa shape index (κ1) is 8.45. The summed E-state index contributed by atoms with van der Waals surface area (Å²) in [4.78, 5) is 22.7. The molecule has 0 radical (unpaired) electrons. The first-order valence-electron chi connectivity index (χ1n) is 3.44. The summed E-state index contributed by atoms with van der Waals surface area (Å²) in [7, 11) is 3.68. The van der Waals surface area contributed by atoms with Crippen LogP contribution in [0.1, 0.15) is 0 Å². The van der Waals surface area contributed by atoms with Crippen LogP contribution in [0, 0.1) is 0 Å². The van der Waals surface area contributed by atoms with Crippen molar-refractivity contribution in [1.29, 1.82) is 0 Å². The summed E-state index contributed by atoms with van der Waals surface area (Å²) in [6.45, 7) is 0. The Balaban J connectivity index is 2.83. The average Bonchev–Trinajstić information content (AvgIpc) is 2.01. The smallest absolute Gasteiger partial charge is 0.252 e.